The number of anilines is 2. The Morgan fingerprint density at radius 3 is 2.37 bits per heavy atom. The summed E-state index contributed by atoms with van der Waals surface area (Å²) in [5.74, 6) is -0.981. The first-order chi connectivity index (χ1) is 16.5. The molecule has 0 aliphatic carbocycles. The minimum atomic E-state index is -4.28. The summed E-state index contributed by atoms with van der Waals surface area (Å²) in [6.07, 6.45) is -3.32. The molecule has 9 heteroatoms. The number of carbonyl (C=O) groups excluding carboxylic acids is 1. The number of nitrogens with one attached hydrogen (secondary N) is 2. The van der Waals surface area contributed by atoms with Crippen molar-refractivity contribution in [3.8, 4) is 5.75 Å². The summed E-state index contributed by atoms with van der Waals surface area (Å²) in [5, 5.41) is 14.7. The molecule has 1 atom stereocenters. The third-order valence-electron chi connectivity index (χ3n) is 5.45. The van der Waals surface area contributed by atoms with Gasteiger partial charge < -0.3 is 20.5 Å². The van der Waals surface area contributed by atoms with Crippen LogP contribution in [-0.4, -0.2) is 29.9 Å². The summed E-state index contributed by atoms with van der Waals surface area (Å²) in [7, 11) is 0. The summed E-state index contributed by atoms with van der Waals surface area (Å²) in [5.41, 5.74) is 3.32. The van der Waals surface area contributed by atoms with E-state index in [0.29, 0.717) is 29.1 Å². The molecule has 0 fully saturated rings. The zero-order chi connectivity index (χ0) is 26.0. The Bertz CT molecular complexity index is 991. The van der Waals surface area contributed by atoms with Crippen molar-refractivity contribution in [1.29, 1.82) is 0 Å². The molecule has 0 aliphatic heterocycles. The fraction of sp³-hybridized carbons (Fsp3) is 0.462. The number of ether oxygens (including phenoxy) is 1. The average molecular weight is 495 g/mol. The molecule has 0 aromatic heterocycles. The van der Waals surface area contributed by atoms with Crippen LogP contribution in [0.5, 0.6) is 5.75 Å². The summed E-state index contributed by atoms with van der Waals surface area (Å²) in [6, 6.07) is 10.1. The number of aryl methyl sites for hydroxylation is 2. The molecule has 0 saturated carbocycles. The van der Waals surface area contributed by atoms with E-state index in [0.717, 1.165) is 24.0 Å². The van der Waals surface area contributed by atoms with Gasteiger partial charge in [0.1, 0.15) is 5.75 Å². The maximum absolute atomic E-state index is 12.7. The lowest BCUT2D eigenvalue weighted by atomic mass is 9.93. The number of halogens is 3. The first kappa shape index (κ1) is 28.0. The Labute approximate surface area is 203 Å². The van der Waals surface area contributed by atoms with Gasteiger partial charge in [0, 0.05) is 12.1 Å². The van der Waals surface area contributed by atoms with Gasteiger partial charge in [-0.2, -0.15) is 13.2 Å². The Kier molecular flexibility index (Phi) is 10.4. The second kappa shape index (κ2) is 13.0. The second-order valence-electron chi connectivity index (χ2n) is 8.67. The Morgan fingerprint density at radius 2 is 1.77 bits per heavy atom. The van der Waals surface area contributed by atoms with Gasteiger partial charge in [-0.15, -0.1) is 0 Å². The van der Waals surface area contributed by atoms with E-state index in [1.807, 2.05) is 32.0 Å². The number of carboxylic acid groups (broad SMARTS) is 1. The van der Waals surface area contributed by atoms with Crippen LogP contribution in [-0.2, 0) is 11.2 Å². The highest BCUT2D eigenvalue weighted by molar-refractivity contribution is 6.01. The lowest BCUT2D eigenvalue weighted by Gasteiger charge is -2.21. The van der Waals surface area contributed by atoms with Crippen molar-refractivity contribution in [2.75, 3.05) is 17.2 Å². The van der Waals surface area contributed by atoms with Gasteiger partial charge in [0.15, 0.2) is 0 Å². The summed E-state index contributed by atoms with van der Waals surface area (Å²) in [4.78, 5) is 24.0. The minimum absolute atomic E-state index is 0.103. The number of unbranched alkanes of at least 4 members (excludes halogenated alkanes) is 1. The largest absolute Gasteiger partial charge is 0.491 e. The molecule has 0 aliphatic rings. The van der Waals surface area contributed by atoms with Crippen LogP contribution in [0.15, 0.2) is 36.4 Å². The van der Waals surface area contributed by atoms with Gasteiger partial charge in [0.2, 0.25) is 0 Å². The van der Waals surface area contributed by atoms with Gasteiger partial charge in [-0.3, -0.25) is 4.79 Å². The zero-order valence-corrected chi connectivity index (χ0v) is 20.3. The molecule has 192 valence electrons. The third kappa shape index (κ3) is 9.88. The molecule has 2 amide bonds. The van der Waals surface area contributed by atoms with E-state index in [2.05, 4.69) is 10.6 Å². The first-order valence-electron chi connectivity index (χ1n) is 11.7. The van der Waals surface area contributed by atoms with Gasteiger partial charge in [-0.25, -0.2) is 4.79 Å². The average Bonchev–Trinajstić information content (AvgIpc) is 2.76. The van der Waals surface area contributed by atoms with Crippen molar-refractivity contribution in [2.24, 2.45) is 0 Å². The van der Waals surface area contributed by atoms with E-state index in [4.69, 9.17) is 4.74 Å². The monoisotopic (exact) mass is 494 g/mol. The van der Waals surface area contributed by atoms with E-state index in [9.17, 15) is 27.9 Å². The molecular formula is C26H33F3N2O4. The maximum Gasteiger partial charge on any atom is 0.389 e. The number of carboxylic acids is 1. The van der Waals surface area contributed by atoms with E-state index < -0.39 is 24.6 Å². The first-order valence-corrected chi connectivity index (χ1v) is 11.7. The molecule has 0 saturated heterocycles. The molecule has 35 heavy (non-hydrogen) atoms. The van der Waals surface area contributed by atoms with Crippen LogP contribution in [0.1, 0.15) is 68.6 Å². The topological polar surface area (TPSA) is 87.7 Å². The third-order valence-corrected chi connectivity index (χ3v) is 5.45. The predicted octanol–water partition coefficient (Wildman–Crippen LogP) is 7.28. The lowest BCUT2D eigenvalue weighted by Crippen LogP contribution is -2.21. The molecule has 2 aromatic rings. The second-order valence-corrected chi connectivity index (χ2v) is 8.67. The highest BCUT2D eigenvalue weighted by Crippen LogP contribution is 2.36. The van der Waals surface area contributed by atoms with E-state index >= 15 is 0 Å². The van der Waals surface area contributed by atoms with Gasteiger partial charge >= 0.3 is 18.2 Å². The van der Waals surface area contributed by atoms with Crippen LogP contribution < -0.4 is 15.4 Å². The number of aliphatic carboxylic acids is 1. The number of rotatable bonds is 12. The van der Waals surface area contributed by atoms with E-state index in [-0.39, 0.29) is 25.4 Å². The number of benzene rings is 2. The molecule has 2 rings (SSSR count). The smallest absolute Gasteiger partial charge is 0.389 e. The zero-order valence-electron chi connectivity index (χ0n) is 20.3. The number of amides is 2. The van der Waals surface area contributed by atoms with Gasteiger partial charge in [0.05, 0.1) is 18.7 Å². The van der Waals surface area contributed by atoms with Crippen LogP contribution in [0.3, 0.4) is 0 Å². The quantitative estimate of drug-likeness (QED) is 0.271. The summed E-state index contributed by atoms with van der Waals surface area (Å²) >= 11 is 0. The minimum Gasteiger partial charge on any atom is -0.491 e. The van der Waals surface area contributed by atoms with Crippen molar-refractivity contribution in [1.82, 2.24) is 0 Å². The summed E-state index contributed by atoms with van der Waals surface area (Å²) < 4.78 is 43.5. The van der Waals surface area contributed by atoms with Gasteiger partial charge in [-0.05, 0) is 61.4 Å². The van der Waals surface area contributed by atoms with Crippen LogP contribution in [0.4, 0.5) is 29.3 Å². The molecule has 0 spiro atoms. The highest BCUT2D eigenvalue weighted by Gasteiger charge is 2.26. The Hall–Kier alpha value is -3.23. The van der Waals surface area contributed by atoms with Crippen LogP contribution >= 0.6 is 0 Å². The van der Waals surface area contributed by atoms with E-state index in [1.54, 1.807) is 25.1 Å². The Morgan fingerprint density at radius 1 is 1.09 bits per heavy atom. The predicted molar refractivity (Wildman–Crippen MR) is 130 cm³/mol. The maximum atomic E-state index is 12.7. The standard InChI is InChI=1S/C26H33F3N2O4/c1-4-5-7-19-15-20(18(3)14-23(32)33)16-22(24(19)35-13-6-12-26(27,28)29)31-25(34)30-21-10-8-17(2)9-11-21/h8-11,15-16,18H,4-7,12-14H2,1-3H3,(H,32,33)(H2,30,31,34)/t18-/m0/s1. The van der Waals surface area contributed by atoms with E-state index in [1.165, 1.54) is 0 Å². The van der Waals surface area contributed by atoms with Crippen LogP contribution in [0.2, 0.25) is 0 Å². The molecule has 0 unspecified atom stereocenters. The number of hydrogen-bond acceptors (Lipinski definition) is 3. The fourth-order valence-electron chi connectivity index (χ4n) is 3.56. The molecule has 0 bridgehead atoms. The number of alkyl halides is 3. The normalized spacial score (nSPS) is 12.2. The van der Waals surface area contributed by atoms with Crippen molar-refractivity contribution in [2.45, 2.75) is 71.4 Å². The molecule has 0 heterocycles. The Balaban J connectivity index is 2.36. The van der Waals surface area contributed by atoms with Crippen molar-refractivity contribution in [3.05, 3.63) is 53.1 Å². The highest BCUT2D eigenvalue weighted by atomic mass is 19.4. The number of carbonyl (C=O) groups is 2. The van der Waals surface area contributed by atoms with Gasteiger partial charge in [0.25, 0.3) is 0 Å². The van der Waals surface area contributed by atoms with Crippen LogP contribution in [0, 0.1) is 6.92 Å². The lowest BCUT2D eigenvalue weighted by molar-refractivity contribution is -0.138. The van der Waals surface area contributed by atoms with Crippen LogP contribution in [0.25, 0.3) is 0 Å². The SMILES string of the molecule is CCCCc1cc([C@@H](C)CC(=O)O)cc(NC(=O)Nc2ccc(C)cc2)c1OCCCC(F)(F)F. The van der Waals surface area contributed by atoms with Gasteiger partial charge in [-0.1, -0.05) is 44.0 Å². The fourth-order valence-corrected chi connectivity index (χ4v) is 3.56. The van der Waals surface area contributed by atoms with Crippen molar-refractivity contribution in [3.63, 3.8) is 0 Å². The molecule has 2 aromatic carbocycles. The molecule has 6 nitrogen and oxygen atoms in total. The molecular weight excluding hydrogens is 461 g/mol. The molecule has 3 N–H and O–H groups in total. The number of hydrogen-bond donors (Lipinski definition) is 3. The molecule has 0 radical (unpaired) electrons. The number of urea groups is 1. The van der Waals surface area contributed by atoms with Crippen molar-refractivity contribution >= 4 is 23.4 Å². The summed E-state index contributed by atoms with van der Waals surface area (Å²) in [6.45, 7) is 5.53. The van der Waals surface area contributed by atoms with Crippen molar-refractivity contribution < 1.29 is 32.6 Å².